The molecule has 0 radical (unpaired) electrons. The minimum atomic E-state index is -0.213. The van der Waals surface area contributed by atoms with E-state index in [1.165, 1.54) is 11.6 Å². The second kappa shape index (κ2) is 13.4. The highest BCUT2D eigenvalue weighted by molar-refractivity contribution is 14.0. The monoisotopic (exact) mass is 553 g/mol. The van der Waals surface area contributed by atoms with Crippen LogP contribution in [0.25, 0.3) is 0 Å². The highest BCUT2D eigenvalue weighted by Crippen LogP contribution is 2.18. The van der Waals surface area contributed by atoms with Crippen molar-refractivity contribution < 1.29 is 9.18 Å². The fourth-order valence-electron chi connectivity index (χ4n) is 3.95. The van der Waals surface area contributed by atoms with Gasteiger partial charge in [0.2, 0.25) is 5.91 Å². The van der Waals surface area contributed by atoms with Crippen LogP contribution in [-0.2, 0) is 24.3 Å². The fourth-order valence-corrected chi connectivity index (χ4v) is 3.95. The molecule has 0 aliphatic carbocycles. The Morgan fingerprint density at radius 1 is 1.16 bits per heavy atom. The third kappa shape index (κ3) is 8.38. The third-order valence-corrected chi connectivity index (χ3v) is 5.58. The molecule has 1 aliphatic heterocycles. The summed E-state index contributed by atoms with van der Waals surface area (Å²) in [6.45, 7) is 3.86. The topological polar surface area (TPSA) is 82.8 Å². The molecule has 32 heavy (non-hydrogen) atoms. The molecular formula is C24H33FIN5O. The Bertz CT molecular complexity index is 907. The summed E-state index contributed by atoms with van der Waals surface area (Å²) < 4.78 is 13.3. The Morgan fingerprint density at radius 2 is 1.91 bits per heavy atom. The number of halogens is 2. The maximum atomic E-state index is 13.3. The number of nitrogens with one attached hydrogen (secondary N) is 2. The molecule has 0 aromatic heterocycles. The van der Waals surface area contributed by atoms with Gasteiger partial charge in [-0.1, -0.05) is 36.4 Å². The van der Waals surface area contributed by atoms with Crippen LogP contribution in [0.2, 0.25) is 0 Å². The summed E-state index contributed by atoms with van der Waals surface area (Å²) in [4.78, 5) is 18.1. The largest absolute Gasteiger partial charge is 0.369 e. The van der Waals surface area contributed by atoms with Gasteiger partial charge in [-0.2, -0.15) is 0 Å². The summed E-state index contributed by atoms with van der Waals surface area (Å²) in [6.07, 6.45) is 2.61. The van der Waals surface area contributed by atoms with Crippen LogP contribution in [0.4, 0.5) is 4.39 Å². The zero-order chi connectivity index (χ0) is 22.1. The molecule has 174 valence electrons. The normalized spacial score (nSPS) is 16.8. The standard InChI is InChI=1S/C24H32FN5O.HI/c1-27-24(28-11-10-18-5-3-9-22(25)14-18)29-15-19-6-2-7-20(13-19)16-30-12-4-8-21(17-30)23(26)31;/h2-3,5-7,9,13-14,21H,4,8,10-12,15-17H2,1H3,(H2,26,31)(H2,27,28,29);1H. The van der Waals surface area contributed by atoms with Gasteiger partial charge in [0.25, 0.3) is 0 Å². The molecule has 6 nitrogen and oxygen atoms in total. The van der Waals surface area contributed by atoms with Crippen LogP contribution in [0.1, 0.15) is 29.5 Å². The highest BCUT2D eigenvalue weighted by Gasteiger charge is 2.23. The van der Waals surface area contributed by atoms with E-state index in [0.717, 1.165) is 50.0 Å². The number of benzene rings is 2. The molecule has 1 unspecified atom stereocenters. The van der Waals surface area contributed by atoms with E-state index < -0.39 is 0 Å². The molecule has 2 aromatic carbocycles. The van der Waals surface area contributed by atoms with Crippen LogP contribution < -0.4 is 16.4 Å². The predicted molar refractivity (Wildman–Crippen MR) is 137 cm³/mol. The number of guanidine groups is 1. The molecule has 0 bridgehead atoms. The van der Waals surface area contributed by atoms with Crippen LogP contribution in [0.15, 0.2) is 53.5 Å². The Hall–Kier alpha value is -2.20. The number of aliphatic imine (C=N–C) groups is 1. The van der Waals surface area contributed by atoms with Crippen LogP contribution in [0.5, 0.6) is 0 Å². The van der Waals surface area contributed by atoms with Crippen LogP contribution >= 0.6 is 24.0 Å². The lowest BCUT2D eigenvalue weighted by Crippen LogP contribution is -2.40. The quantitative estimate of drug-likeness (QED) is 0.267. The number of likely N-dealkylation sites (tertiary alicyclic amines) is 1. The number of amides is 1. The molecule has 2 aromatic rings. The first-order valence-electron chi connectivity index (χ1n) is 10.8. The van der Waals surface area contributed by atoms with Gasteiger partial charge in [0.15, 0.2) is 5.96 Å². The van der Waals surface area contributed by atoms with Crippen LogP contribution in [-0.4, -0.2) is 43.4 Å². The smallest absolute Gasteiger partial charge is 0.221 e. The molecule has 1 heterocycles. The van der Waals surface area contributed by atoms with E-state index in [1.807, 2.05) is 6.07 Å². The Balaban J connectivity index is 0.00000363. The average Bonchev–Trinajstić information content (AvgIpc) is 2.76. The first-order chi connectivity index (χ1) is 15.0. The van der Waals surface area contributed by atoms with Gasteiger partial charge < -0.3 is 16.4 Å². The summed E-state index contributed by atoms with van der Waals surface area (Å²) in [5.41, 5.74) is 8.83. The molecule has 4 N–H and O–H groups in total. The maximum absolute atomic E-state index is 13.3. The van der Waals surface area contributed by atoms with Gasteiger partial charge in [-0.15, -0.1) is 24.0 Å². The van der Waals surface area contributed by atoms with Gasteiger partial charge in [-0.3, -0.25) is 14.7 Å². The zero-order valence-corrected chi connectivity index (χ0v) is 20.8. The summed E-state index contributed by atoms with van der Waals surface area (Å²) in [7, 11) is 1.74. The van der Waals surface area contributed by atoms with E-state index in [4.69, 9.17) is 5.73 Å². The Morgan fingerprint density at radius 3 is 2.66 bits per heavy atom. The van der Waals surface area contributed by atoms with Crippen molar-refractivity contribution in [1.29, 1.82) is 0 Å². The van der Waals surface area contributed by atoms with Gasteiger partial charge in [-0.25, -0.2) is 4.39 Å². The van der Waals surface area contributed by atoms with E-state index in [-0.39, 0.29) is 41.6 Å². The van der Waals surface area contributed by atoms with E-state index in [9.17, 15) is 9.18 Å². The second-order valence-electron chi connectivity index (χ2n) is 8.03. The number of carbonyl (C=O) groups excluding carboxylic acids is 1. The van der Waals surface area contributed by atoms with E-state index >= 15 is 0 Å². The number of rotatable bonds is 8. The Kier molecular flexibility index (Phi) is 10.9. The van der Waals surface area contributed by atoms with Gasteiger partial charge >= 0.3 is 0 Å². The lowest BCUT2D eigenvalue weighted by atomic mass is 9.97. The molecule has 0 saturated carbocycles. The molecule has 0 spiro atoms. The van der Waals surface area contributed by atoms with Crippen molar-refractivity contribution in [3.8, 4) is 0 Å². The van der Waals surface area contributed by atoms with Crippen LogP contribution in [0, 0.1) is 11.7 Å². The summed E-state index contributed by atoms with van der Waals surface area (Å²) >= 11 is 0. The number of piperidine rings is 1. The van der Waals surface area contributed by atoms with Crippen LogP contribution in [0.3, 0.4) is 0 Å². The predicted octanol–water partition coefficient (Wildman–Crippen LogP) is 3.05. The van der Waals surface area contributed by atoms with Gasteiger partial charge in [0, 0.05) is 33.2 Å². The fraction of sp³-hybridized carbons (Fsp3) is 0.417. The van der Waals surface area contributed by atoms with Crippen molar-refractivity contribution in [2.45, 2.75) is 32.4 Å². The minimum absolute atomic E-state index is 0. The summed E-state index contributed by atoms with van der Waals surface area (Å²) in [5.74, 6) is 0.260. The van der Waals surface area contributed by atoms with Gasteiger partial charge in [0.1, 0.15) is 5.82 Å². The van der Waals surface area contributed by atoms with Crippen molar-refractivity contribution >= 4 is 35.8 Å². The number of carbonyl (C=O) groups is 1. The van der Waals surface area contributed by atoms with Crippen molar-refractivity contribution in [3.63, 3.8) is 0 Å². The van der Waals surface area contributed by atoms with Crippen molar-refractivity contribution in [2.75, 3.05) is 26.7 Å². The number of nitrogens with two attached hydrogens (primary N) is 1. The zero-order valence-electron chi connectivity index (χ0n) is 18.5. The van der Waals surface area contributed by atoms with E-state index in [0.29, 0.717) is 19.0 Å². The molecule has 1 amide bonds. The molecule has 1 fully saturated rings. The van der Waals surface area contributed by atoms with Crippen molar-refractivity contribution in [1.82, 2.24) is 15.5 Å². The highest BCUT2D eigenvalue weighted by atomic mass is 127. The second-order valence-corrected chi connectivity index (χ2v) is 8.03. The van der Waals surface area contributed by atoms with E-state index in [1.54, 1.807) is 19.2 Å². The minimum Gasteiger partial charge on any atom is -0.369 e. The molecule has 1 atom stereocenters. The van der Waals surface area contributed by atoms with Gasteiger partial charge in [-0.05, 0) is 54.6 Å². The number of nitrogens with zero attached hydrogens (tertiary/aromatic N) is 2. The SMILES string of the molecule is CN=C(NCCc1cccc(F)c1)NCc1cccc(CN2CCCC(C(N)=O)C2)c1.I. The number of primary amides is 1. The van der Waals surface area contributed by atoms with Crippen molar-refractivity contribution in [2.24, 2.45) is 16.6 Å². The van der Waals surface area contributed by atoms with Crippen molar-refractivity contribution in [3.05, 3.63) is 71.0 Å². The summed E-state index contributed by atoms with van der Waals surface area (Å²) in [6, 6.07) is 15.1. The Labute approximate surface area is 206 Å². The molecule has 1 saturated heterocycles. The molecule has 8 heteroatoms. The maximum Gasteiger partial charge on any atom is 0.221 e. The first kappa shape index (κ1) is 26.1. The average molecular weight is 553 g/mol. The third-order valence-electron chi connectivity index (χ3n) is 5.58. The van der Waals surface area contributed by atoms with E-state index in [2.05, 4.69) is 44.8 Å². The number of hydrogen-bond acceptors (Lipinski definition) is 3. The lowest BCUT2D eigenvalue weighted by molar-refractivity contribution is -0.123. The van der Waals surface area contributed by atoms with Gasteiger partial charge in [0.05, 0.1) is 5.92 Å². The summed E-state index contributed by atoms with van der Waals surface area (Å²) in [5, 5.41) is 6.59. The lowest BCUT2D eigenvalue weighted by Gasteiger charge is -2.31. The first-order valence-corrected chi connectivity index (χ1v) is 10.8. The molecular weight excluding hydrogens is 520 g/mol. The molecule has 1 aliphatic rings. The molecule has 3 rings (SSSR count). The number of hydrogen-bond donors (Lipinski definition) is 3.